The highest BCUT2D eigenvalue weighted by Gasteiger charge is 2.29. The van der Waals surface area contributed by atoms with Gasteiger partial charge in [-0.05, 0) is 63.5 Å². The molecule has 21 heavy (non-hydrogen) atoms. The number of aromatic nitrogens is 2. The average Bonchev–Trinajstić information content (AvgIpc) is 3.19. The lowest BCUT2D eigenvalue weighted by atomic mass is 10.1. The fourth-order valence-electron chi connectivity index (χ4n) is 2.34. The number of H-pyrrole nitrogens is 1. The summed E-state index contributed by atoms with van der Waals surface area (Å²) in [6, 6.07) is 3.73. The first-order valence-corrected chi connectivity index (χ1v) is 8.40. The standard InChI is InChI=1S/C14H10BrIN2O3/c15-8-3-7(4-9-12(8)21-5-20-9)13-17-11(6-1-2-6)10(16)14(19)18-13/h3-4,6H,1-2,5H2,(H,17,18,19). The molecule has 2 aromatic rings. The van der Waals surface area contributed by atoms with E-state index < -0.39 is 0 Å². The molecule has 0 saturated heterocycles. The summed E-state index contributed by atoms with van der Waals surface area (Å²) in [5.74, 6) is 2.35. The molecule has 0 bridgehead atoms. The van der Waals surface area contributed by atoms with Crippen LogP contribution in [0.25, 0.3) is 11.4 Å². The topological polar surface area (TPSA) is 64.2 Å². The minimum atomic E-state index is -0.0868. The Balaban J connectivity index is 1.87. The molecule has 0 spiro atoms. The number of hydrogen-bond donors (Lipinski definition) is 1. The van der Waals surface area contributed by atoms with Gasteiger partial charge in [-0.1, -0.05) is 0 Å². The molecule has 1 N–H and O–H groups in total. The first-order valence-electron chi connectivity index (χ1n) is 6.52. The van der Waals surface area contributed by atoms with Gasteiger partial charge in [0.25, 0.3) is 5.56 Å². The SMILES string of the molecule is O=c1[nH]c(-c2cc(Br)c3c(c2)OCO3)nc(C2CC2)c1I. The van der Waals surface area contributed by atoms with Crippen molar-refractivity contribution in [2.24, 2.45) is 0 Å². The number of nitrogens with one attached hydrogen (secondary N) is 1. The van der Waals surface area contributed by atoms with E-state index in [1.807, 2.05) is 12.1 Å². The predicted molar refractivity (Wildman–Crippen MR) is 88.8 cm³/mol. The lowest BCUT2D eigenvalue weighted by Crippen LogP contribution is -2.16. The van der Waals surface area contributed by atoms with Crippen LogP contribution in [0.3, 0.4) is 0 Å². The summed E-state index contributed by atoms with van der Waals surface area (Å²) in [4.78, 5) is 19.6. The van der Waals surface area contributed by atoms with Gasteiger partial charge in [0.2, 0.25) is 6.79 Å². The number of halogens is 2. The van der Waals surface area contributed by atoms with Gasteiger partial charge in [-0.3, -0.25) is 4.79 Å². The molecular weight excluding hydrogens is 451 g/mol. The largest absolute Gasteiger partial charge is 0.454 e. The normalized spacial score (nSPS) is 16.3. The van der Waals surface area contributed by atoms with E-state index in [9.17, 15) is 4.79 Å². The zero-order valence-electron chi connectivity index (χ0n) is 10.8. The molecule has 1 saturated carbocycles. The average molecular weight is 461 g/mol. The third kappa shape index (κ3) is 2.36. The molecule has 1 fully saturated rings. The van der Waals surface area contributed by atoms with E-state index in [0.29, 0.717) is 26.8 Å². The smallest absolute Gasteiger partial charge is 0.264 e. The molecule has 0 atom stereocenters. The zero-order chi connectivity index (χ0) is 14.6. The zero-order valence-corrected chi connectivity index (χ0v) is 14.5. The van der Waals surface area contributed by atoms with Crippen molar-refractivity contribution in [3.05, 3.63) is 36.2 Å². The van der Waals surface area contributed by atoms with E-state index in [-0.39, 0.29) is 12.4 Å². The number of aromatic amines is 1. The Morgan fingerprint density at radius 3 is 2.90 bits per heavy atom. The molecule has 5 nitrogen and oxygen atoms in total. The van der Waals surface area contributed by atoms with Crippen LogP contribution in [0.4, 0.5) is 0 Å². The van der Waals surface area contributed by atoms with Crippen LogP contribution in [-0.4, -0.2) is 16.8 Å². The Labute approximate surface area is 142 Å². The minimum absolute atomic E-state index is 0.0868. The van der Waals surface area contributed by atoms with E-state index in [2.05, 4.69) is 48.5 Å². The fourth-order valence-corrected chi connectivity index (χ4v) is 3.60. The lowest BCUT2D eigenvalue weighted by Gasteiger charge is -2.08. The molecule has 0 unspecified atom stereocenters. The van der Waals surface area contributed by atoms with Gasteiger partial charge in [0.05, 0.1) is 13.7 Å². The molecule has 108 valence electrons. The maximum absolute atomic E-state index is 12.1. The summed E-state index contributed by atoms with van der Waals surface area (Å²) in [6.07, 6.45) is 2.22. The maximum atomic E-state index is 12.1. The highest BCUT2D eigenvalue weighted by molar-refractivity contribution is 14.1. The molecule has 7 heteroatoms. The fraction of sp³-hybridized carbons (Fsp3) is 0.286. The first-order chi connectivity index (χ1) is 10.1. The molecule has 1 aliphatic carbocycles. The van der Waals surface area contributed by atoms with Gasteiger partial charge in [0.15, 0.2) is 11.5 Å². The third-order valence-corrected chi connectivity index (χ3v) is 5.18. The number of fused-ring (bicyclic) bond motifs is 1. The van der Waals surface area contributed by atoms with Crippen molar-refractivity contribution in [3.8, 4) is 22.9 Å². The number of nitrogens with zero attached hydrogens (tertiary/aromatic N) is 1. The van der Waals surface area contributed by atoms with Crippen molar-refractivity contribution in [2.75, 3.05) is 6.79 Å². The monoisotopic (exact) mass is 460 g/mol. The lowest BCUT2D eigenvalue weighted by molar-refractivity contribution is 0.173. The Morgan fingerprint density at radius 1 is 1.33 bits per heavy atom. The second-order valence-electron chi connectivity index (χ2n) is 5.08. The van der Waals surface area contributed by atoms with Crippen molar-refractivity contribution in [2.45, 2.75) is 18.8 Å². The van der Waals surface area contributed by atoms with Crippen LogP contribution in [-0.2, 0) is 0 Å². The van der Waals surface area contributed by atoms with Gasteiger partial charge < -0.3 is 14.5 Å². The Hall–Kier alpha value is -1.09. The van der Waals surface area contributed by atoms with Crippen molar-refractivity contribution in [3.63, 3.8) is 0 Å². The van der Waals surface area contributed by atoms with Crippen molar-refractivity contribution in [1.29, 1.82) is 0 Å². The summed E-state index contributed by atoms with van der Waals surface area (Å²) < 4.78 is 12.3. The molecular formula is C14H10BrIN2O3. The highest BCUT2D eigenvalue weighted by atomic mass is 127. The van der Waals surface area contributed by atoms with Crippen molar-refractivity contribution >= 4 is 38.5 Å². The van der Waals surface area contributed by atoms with E-state index in [1.165, 1.54) is 0 Å². The Bertz CT molecular complexity index is 802. The first kappa shape index (κ1) is 13.6. The highest BCUT2D eigenvalue weighted by Crippen LogP contribution is 2.43. The summed E-state index contributed by atoms with van der Waals surface area (Å²) in [6.45, 7) is 0.210. The van der Waals surface area contributed by atoms with Gasteiger partial charge in [-0.2, -0.15) is 0 Å². The number of ether oxygens (including phenoxy) is 2. The van der Waals surface area contributed by atoms with Crippen LogP contribution in [0.1, 0.15) is 24.5 Å². The second kappa shape index (κ2) is 4.98. The van der Waals surface area contributed by atoms with E-state index in [1.54, 1.807) is 0 Å². The predicted octanol–water partition coefficient (Wildman–Crippen LogP) is 3.41. The quantitative estimate of drug-likeness (QED) is 0.697. The van der Waals surface area contributed by atoms with E-state index >= 15 is 0 Å². The molecule has 0 amide bonds. The molecule has 2 heterocycles. The van der Waals surface area contributed by atoms with Crippen LogP contribution in [0, 0.1) is 3.57 Å². The van der Waals surface area contributed by atoms with E-state index in [4.69, 9.17) is 9.47 Å². The van der Waals surface area contributed by atoms with Crippen LogP contribution in [0.5, 0.6) is 11.5 Å². The van der Waals surface area contributed by atoms with Crippen LogP contribution < -0.4 is 15.0 Å². The van der Waals surface area contributed by atoms with Gasteiger partial charge in [-0.15, -0.1) is 0 Å². The second-order valence-corrected chi connectivity index (χ2v) is 7.01. The molecule has 4 rings (SSSR count). The molecule has 1 aromatic carbocycles. The number of benzene rings is 1. The van der Waals surface area contributed by atoms with Gasteiger partial charge in [0.1, 0.15) is 5.82 Å². The van der Waals surface area contributed by atoms with Gasteiger partial charge >= 0.3 is 0 Å². The molecule has 2 aliphatic rings. The molecule has 1 aliphatic heterocycles. The number of rotatable bonds is 2. The summed E-state index contributed by atoms with van der Waals surface area (Å²) in [5.41, 5.74) is 1.63. The van der Waals surface area contributed by atoms with Gasteiger partial charge in [0, 0.05) is 11.5 Å². The summed E-state index contributed by atoms with van der Waals surface area (Å²) in [5, 5.41) is 0. The number of hydrogen-bond acceptors (Lipinski definition) is 4. The molecule has 1 aromatic heterocycles. The minimum Gasteiger partial charge on any atom is -0.454 e. The Kier molecular flexibility index (Phi) is 3.21. The van der Waals surface area contributed by atoms with Crippen molar-refractivity contribution in [1.82, 2.24) is 9.97 Å². The van der Waals surface area contributed by atoms with Crippen LogP contribution in [0.15, 0.2) is 21.4 Å². The van der Waals surface area contributed by atoms with Crippen LogP contribution in [0.2, 0.25) is 0 Å². The third-order valence-electron chi connectivity index (χ3n) is 3.55. The van der Waals surface area contributed by atoms with Crippen molar-refractivity contribution < 1.29 is 9.47 Å². The van der Waals surface area contributed by atoms with Crippen LogP contribution >= 0.6 is 38.5 Å². The van der Waals surface area contributed by atoms with E-state index in [0.717, 1.165) is 28.6 Å². The Morgan fingerprint density at radius 2 is 2.14 bits per heavy atom. The summed E-state index contributed by atoms with van der Waals surface area (Å²) in [7, 11) is 0. The van der Waals surface area contributed by atoms with Gasteiger partial charge in [-0.25, -0.2) is 4.98 Å². The maximum Gasteiger partial charge on any atom is 0.264 e. The molecule has 0 radical (unpaired) electrons. The summed E-state index contributed by atoms with van der Waals surface area (Å²) >= 11 is 5.53.